The molecule has 6 nitrogen and oxygen atoms in total. The SMILES string of the molecule is Cc1ncc(CC(=O)N[C@H]2CC[C@H](CCN3CCc4nc(N5CCC(F)(F)C5)sc4CC3)CC2)s1. The van der Waals surface area contributed by atoms with Crippen LogP contribution in [0.4, 0.5) is 13.9 Å². The van der Waals surface area contributed by atoms with E-state index in [1.807, 2.05) is 13.1 Å². The molecule has 1 aliphatic carbocycles. The number of carbonyl (C=O) groups is 1. The van der Waals surface area contributed by atoms with Gasteiger partial charge in [-0.25, -0.2) is 18.7 Å². The van der Waals surface area contributed by atoms with Crippen molar-refractivity contribution in [3.63, 3.8) is 0 Å². The number of aromatic nitrogens is 2. The van der Waals surface area contributed by atoms with E-state index in [0.717, 1.165) is 71.9 Å². The molecule has 192 valence electrons. The highest BCUT2D eigenvalue weighted by Crippen LogP contribution is 2.35. The van der Waals surface area contributed by atoms with Gasteiger partial charge in [0.2, 0.25) is 5.91 Å². The van der Waals surface area contributed by atoms with Crippen LogP contribution in [0, 0.1) is 12.8 Å². The van der Waals surface area contributed by atoms with Crippen LogP contribution < -0.4 is 10.2 Å². The summed E-state index contributed by atoms with van der Waals surface area (Å²) < 4.78 is 27.2. The topological polar surface area (TPSA) is 61.4 Å². The van der Waals surface area contributed by atoms with Gasteiger partial charge in [-0.05, 0) is 57.9 Å². The van der Waals surface area contributed by atoms with Gasteiger partial charge in [-0.15, -0.1) is 22.7 Å². The predicted octanol–water partition coefficient (Wildman–Crippen LogP) is 4.46. The molecule has 2 aromatic heterocycles. The molecule has 0 radical (unpaired) electrons. The highest BCUT2D eigenvalue weighted by atomic mass is 32.1. The van der Waals surface area contributed by atoms with Crippen LogP contribution in [-0.4, -0.2) is 65.5 Å². The third kappa shape index (κ3) is 6.57. The average molecular weight is 524 g/mol. The molecular formula is C25H35F2N5OS2. The summed E-state index contributed by atoms with van der Waals surface area (Å²) in [6.07, 6.45) is 9.75. The third-order valence-electron chi connectivity index (χ3n) is 7.60. The minimum Gasteiger partial charge on any atom is -0.353 e. The molecule has 5 rings (SSSR count). The van der Waals surface area contributed by atoms with Crippen molar-refractivity contribution in [2.24, 2.45) is 5.92 Å². The molecule has 1 amide bonds. The zero-order valence-electron chi connectivity index (χ0n) is 20.4. The summed E-state index contributed by atoms with van der Waals surface area (Å²) in [6.45, 7) is 5.30. The number of hydrogen-bond donors (Lipinski definition) is 1. The van der Waals surface area contributed by atoms with Gasteiger partial charge in [-0.1, -0.05) is 0 Å². The maximum Gasteiger partial charge on any atom is 0.267 e. The Kier molecular flexibility index (Phi) is 7.69. The molecule has 0 spiro atoms. The first-order valence-electron chi connectivity index (χ1n) is 12.9. The smallest absolute Gasteiger partial charge is 0.267 e. The molecular weight excluding hydrogens is 488 g/mol. The van der Waals surface area contributed by atoms with Crippen molar-refractivity contribution in [3.05, 3.63) is 26.7 Å². The normalized spacial score (nSPS) is 24.8. The number of aryl methyl sites for hydroxylation is 1. The minimum atomic E-state index is -2.58. The molecule has 4 heterocycles. The van der Waals surface area contributed by atoms with Gasteiger partial charge in [0.05, 0.1) is 23.7 Å². The quantitative estimate of drug-likeness (QED) is 0.581. The zero-order chi connectivity index (χ0) is 24.4. The highest BCUT2D eigenvalue weighted by Gasteiger charge is 2.39. The Balaban J connectivity index is 1.01. The summed E-state index contributed by atoms with van der Waals surface area (Å²) in [7, 11) is 0. The molecule has 2 fully saturated rings. The number of halogens is 2. The number of alkyl halides is 2. The fourth-order valence-corrected chi connectivity index (χ4v) is 7.45. The standard InChI is InChI=1S/C25H35F2N5OS2/c1-17-28-15-20(34-17)14-23(33)29-19-4-2-18(3-5-19)6-10-31-11-7-21-22(8-12-31)35-24(30-21)32-13-9-25(26,27)16-32/h15,18-19H,2-14,16H2,1H3,(H,29,33)/t18-,19-. The zero-order valence-corrected chi connectivity index (χ0v) is 22.0. The number of thiazole rings is 2. The second-order valence-corrected chi connectivity index (χ2v) is 12.7. The monoisotopic (exact) mass is 523 g/mol. The van der Waals surface area contributed by atoms with E-state index in [-0.39, 0.29) is 18.9 Å². The molecule has 1 saturated carbocycles. The molecule has 35 heavy (non-hydrogen) atoms. The summed E-state index contributed by atoms with van der Waals surface area (Å²) in [4.78, 5) is 27.9. The molecule has 0 atom stereocenters. The second kappa shape index (κ2) is 10.8. The van der Waals surface area contributed by atoms with Crippen LogP contribution >= 0.6 is 22.7 Å². The Morgan fingerprint density at radius 1 is 1.17 bits per heavy atom. The Hall–Kier alpha value is -1.65. The number of fused-ring (bicyclic) bond motifs is 1. The first-order valence-corrected chi connectivity index (χ1v) is 14.5. The van der Waals surface area contributed by atoms with Crippen LogP contribution in [-0.2, 0) is 24.1 Å². The summed E-state index contributed by atoms with van der Waals surface area (Å²) in [5, 5.41) is 5.01. The summed E-state index contributed by atoms with van der Waals surface area (Å²) >= 11 is 3.21. The predicted molar refractivity (Wildman–Crippen MR) is 137 cm³/mol. The average Bonchev–Trinajstić information content (AvgIpc) is 3.49. The maximum absolute atomic E-state index is 13.6. The van der Waals surface area contributed by atoms with Gasteiger partial charge >= 0.3 is 0 Å². The van der Waals surface area contributed by atoms with Gasteiger partial charge in [0.25, 0.3) is 5.92 Å². The molecule has 0 bridgehead atoms. The fourth-order valence-electron chi connectivity index (χ4n) is 5.54. The van der Waals surface area contributed by atoms with Gasteiger partial charge < -0.3 is 15.1 Å². The second-order valence-electron chi connectivity index (χ2n) is 10.3. The van der Waals surface area contributed by atoms with Crippen molar-refractivity contribution in [2.45, 2.75) is 76.7 Å². The van der Waals surface area contributed by atoms with Crippen LogP contribution in [0.15, 0.2) is 6.20 Å². The molecule has 2 aliphatic heterocycles. The van der Waals surface area contributed by atoms with E-state index in [9.17, 15) is 13.6 Å². The van der Waals surface area contributed by atoms with Crippen LogP contribution in [0.25, 0.3) is 0 Å². The lowest BCUT2D eigenvalue weighted by molar-refractivity contribution is -0.121. The Morgan fingerprint density at radius 3 is 2.69 bits per heavy atom. The lowest BCUT2D eigenvalue weighted by Gasteiger charge is -2.30. The van der Waals surface area contributed by atoms with E-state index in [4.69, 9.17) is 4.98 Å². The number of amides is 1. The van der Waals surface area contributed by atoms with Crippen molar-refractivity contribution in [1.82, 2.24) is 20.2 Å². The minimum absolute atomic E-state index is 0.0636. The van der Waals surface area contributed by atoms with Crippen molar-refractivity contribution < 1.29 is 13.6 Å². The third-order valence-corrected chi connectivity index (χ3v) is 9.73. The summed E-state index contributed by atoms with van der Waals surface area (Å²) in [5.41, 5.74) is 1.12. The molecule has 2 aromatic rings. The van der Waals surface area contributed by atoms with Crippen molar-refractivity contribution in [2.75, 3.05) is 37.6 Å². The first-order chi connectivity index (χ1) is 16.8. The van der Waals surface area contributed by atoms with Crippen molar-refractivity contribution in [1.29, 1.82) is 0 Å². The fraction of sp³-hybridized carbons (Fsp3) is 0.720. The van der Waals surface area contributed by atoms with Crippen LogP contribution in [0.1, 0.15) is 59.0 Å². The van der Waals surface area contributed by atoms with Crippen molar-refractivity contribution >= 4 is 33.7 Å². The number of anilines is 1. The van der Waals surface area contributed by atoms with Gasteiger partial charge in [0.15, 0.2) is 5.13 Å². The summed E-state index contributed by atoms with van der Waals surface area (Å²) in [5.74, 6) is -1.73. The molecule has 3 aliphatic rings. The first kappa shape index (κ1) is 25.0. The molecule has 0 unspecified atom stereocenters. The molecule has 0 aromatic carbocycles. The number of nitrogens with one attached hydrogen (secondary N) is 1. The largest absolute Gasteiger partial charge is 0.353 e. The highest BCUT2D eigenvalue weighted by molar-refractivity contribution is 7.15. The molecule has 10 heteroatoms. The Morgan fingerprint density at radius 2 is 1.97 bits per heavy atom. The lowest BCUT2D eigenvalue weighted by atomic mass is 9.84. The molecule has 1 N–H and O–H groups in total. The van der Waals surface area contributed by atoms with E-state index in [1.54, 1.807) is 27.6 Å². The maximum atomic E-state index is 13.6. The number of carbonyl (C=O) groups excluding carboxylic acids is 1. The van der Waals surface area contributed by atoms with Crippen LogP contribution in [0.2, 0.25) is 0 Å². The van der Waals surface area contributed by atoms with Crippen LogP contribution in [0.3, 0.4) is 0 Å². The van der Waals surface area contributed by atoms with Gasteiger partial charge in [-0.2, -0.15) is 0 Å². The number of rotatable bonds is 7. The van der Waals surface area contributed by atoms with E-state index in [0.29, 0.717) is 19.0 Å². The number of hydrogen-bond acceptors (Lipinski definition) is 7. The summed E-state index contributed by atoms with van der Waals surface area (Å²) in [6, 6.07) is 0.303. The van der Waals surface area contributed by atoms with E-state index in [2.05, 4.69) is 15.2 Å². The number of nitrogens with zero attached hydrogens (tertiary/aromatic N) is 4. The van der Waals surface area contributed by atoms with Crippen molar-refractivity contribution in [3.8, 4) is 0 Å². The van der Waals surface area contributed by atoms with Gasteiger partial charge in [0, 0.05) is 54.5 Å². The van der Waals surface area contributed by atoms with Gasteiger partial charge in [0.1, 0.15) is 0 Å². The van der Waals surface area contributed by atoms with Crippen LogP contribution in [0.5, 0.6) is 0 Å². The molecule has 1 saturated heterocycles. The van der Waals surface area contributed by atoms with E-state index >= 15 is 0 Å². The van der Waals surface area contributed by atoms with E-state index in [1.165, 1.54) is 24.1 Å². The van der Waals surface area contributed by atoms with Gasteiger partial charge in [-0.3, -0.25) is 4.79 Å². The Labute approximate surface area is 214 Å². The Bertz CT molecular complexity index is 992. The lowest BCUT2D eigenvalue weighted by Crippen LogP contribution is -2.38. The van der Waals surface area contributed by atoms with E-state index < -0.39 is 5.92 Å².